The number of hydrogen-bond donors (Lipinski definition) is 0. The van der Waals surface area contributed by atoms with Crippen LogP contribution in [0.5, 0.6) is 11.5 Å². The van der Waals surface area contributed by atoms with Gasteiger partial charge in [-0.3, -0.25) is 9.59 Å². The maximum absolute atomic E-state index is 12.8. The molecule has 0 aliphatic rings. The second kappa shape index (κ2) is 7.30. The maximum Gasteiger partial charge on any atom is 0.308 e. The summed E-state index contributed by atoms with van der Waals surface area (Å²) in [4.78, 5) is 23.8. The summed E-state index contributed by atoms with van der Waals surface area (Å²) in [5.41, 5.74) is 3.07. The Labute approximate surface area is 142 Å². The Hall–Kier alpha value is -2.62. The van der Waals surface area contributed by atoms with Crippen molar-refractivity contribution >= 4 is 11.8 Å². The third-order valence-electron chi connectivity index (χ3n) is 3.82. The van der Waals surface area contributed by atoms with Crippen LogP contribution < -0.4 is 9.47 Å². The van der Waals surface area contributed by atoms with Crippen molar-refractivity contribution in [1.82, 2.24) is 0 Å². The fourth-order valence-corrected chi connectivity index (χ4v) is 2.57. The van der Waals surface area contributed by atoms with E-state index in [1.54, 1.807) is 31.4 Å². The van der Waals surface area contributed by atoms with Gasteiger partial charge in [-0.2, -0.15) is 0 Å². The van der Waals surface area contributed by atoms with E-state index in [1.807, 2.05) is 19.1 Å². The molecular formula is C20H22O4. The lowest BCUT2D eigenvalue weighted by Gasteiger charge is -2.15. The van der Waals surface area contributed by atoms with Crippen molar-refractivity contribution in [3.05, 3.63) is 58.7 Å². The summed E-state index contributed by atoms with van der Waals surface area (Å²) in [6.07, 6.45) is 0. The van der Waals surface area contributed by atoms with Crippen molar-refractivity contribution in [2.24, 2.45) is 0 Å². The Kier molecular flexibility index (Phi) is 5.39. The molecule has 0 saturated heterocycles. The van der Waals surface area contributed by atoms with Crippen molar-refractivity contribution in [2.45, 2.75) is 33.6 Å². The minimum absolute atomic E-state index is 0.0635. The SMILES string of the molecule is COc1cc(C)c(C(=O)c2ccc(OC(C)=O)cc2)cc1C(C)C. The molecule has 0 aromatic heterocycles. The van der Waals surface area contributed by atoms with E-state index in [0.717, 1.165) is 16.9 Å². The third-order valence-corrected chi connectivity index (χ3v) is 3.82. The maximum atomic E-state index is 12.8. The molecule has 4 heteroatoms. The van der Waals surface area contributed by atoms with Gasteiger partial charge in [-0.25, -0.2) is 0 Å². The van der Waals surface area contributed by atoms with Crippen LogP contribution in [0.25, 0.3) is 0 Å². The van der Waals surface area contributed by atoms with E-state index < -0.39 is 0 Å². The van der Waals surface area contributed by atoms with Crippen molar-refractivity contribution in [2.75, 3.05) is 7.11 Å². The predicted octanol–water partition coefficient (Wildman–Crippen LogP) is 4.28. The highest BCUT2D eigenvalue weighted by Gasteiger charge is 2.17. The molecule has 2 aromatic rings. The van der Waals surface area contributed by atoms with Gasteiger partial charge in [0, 0.05) is 18.1 Å². The van der Waals surface area contributed by atoms with Gasteiger partial charge < -0.3 is 9.47 Å². The molecule has 0 fully saturated rings. The van der Waals surface area contributed by atoms with Crippen molar-refractivity contribution in [1.29, 1.82) is 0 Å². The monoisotopic (exact) mass is 326 g/mol. The first kappa shape index (κ1) is 17.7. The second-order valence-electron chi connectivity index (χ2n) is 6.01. The van der Waals surface area contributed by atoms with Crippen molar-refractivity contribution < 1.29 is 19.1 Å². The molecule has 0 atom stereocenters. The standard InChI is InChI=1S/C20H22O4/c1-12(2)17-11-18(13(3)10-19(17)23-5)20(22)15-6-8-16(9-7-15)24-14(4)21/h6-12H,1-5H3. The summed E-state index contributed by atoms with van der Waals surface area (Å²) in [6.45, 7) is 7.37. The molecular weight excluding hydrogens is 304 g/mol. The number of aryl methyl sites for hydroxylation is 1. The number of benzene rings is 2. The smallest absolute Gasteiger partial charge is 0.308 e. The van der Waals surface area contributed by atoms with Crippen LogP contribution in [-0.4, -0.2) is 18.9 Å². The van der Waals surface area contributed by atoms with Gasteiger partial charge in [-0.05, 0) is 60.4 Å². The number of rotatable bonds is 5. The second-order valence-corrected chi connectivity index (χ2v) is 6.01. The molecule has 0 heterocycles. The van der Waals surface area contributed by atoms with Gasteiger partial charge in [0.05, 0.1) is 7.11 Å². The van der Waals surface area contributed by atoms with Gasteiger partial charge in [0.15, 0.2) is 5.78 Å². The molecule has 0 N–H and O–H groups in total. The lowest BCUT2D eigenvalue weighted by molar-refractivity contribution is -0.131. The Morgan fingerprint density at radius 3 is 2.17 bits per heavy atom. The first-order valence-corrected chi connectivity index (χ1v) is 7.85. The van der Waals surface area contributed by atoms with Gasteiger partial charge in [0.25, 0.3) is 0 Å². The van der Waals surface area contributed by atoms with Crippen LogP contribution in [0.1, 0.15) is 53.7 Å². The van der Waals surface area contributed by atoms with E-state index in [1.165, 1.54) is 6.92 Å². The lowest BCUT2D eigenvalue weighted by atomic mass is 9.92. The quantitative estimate of drug-likeness (QED) is 0.467. The predicted molar refractivity (Wildman–Crippen MR) is 93.0 cm³/mol. The summed E-state index contributed by atoms with van der Waals surface area (Å²) in [6, 6.07) is 10.4. The normalized spacial score (nSPS) is 10.6. The van der Waals surface area contributed by atoms with Crippen LogP contribution >= 0.6 is 0 Å². The number of esters is 1. The van der Waals surface area contributed by atoms with Gasteiger partial charge in [-0.1, -0.05) is 13.8 Å². The molecule has 126 valence electrons. The highest BCUT2D eigenvalue weighted by molar-refractivity contribution is 6.10. The molecule has 0 amide bonds. The van der Waals surface area contributed by atoms with Crippen molar-refractivity contribution in [3.8, 4) is 11.5 Å². The molecule has 0 saturated carbocycles. The van der Waals surface area contributed by atoms with Crippen LogP contribution in [0.15, 0.2) is 36.4 Å². The van der Waals surface area contributed by atoms with E-state index in [2.05, 4.69) is 13.8 Å². The fourth-order valence-electron chi connectivity index (χ4n) is 2.57. The molecule has 0 aliphatic heterocycles. The average molecular weight is 326 g/mol. The topological polar surface area (TPSA) is 52.6 Å². The molecule has 0 bridgehead atoms. The molecule has 2 aromatic carbocycles. The number of ether oxygens (including phenoxy) is 2. The number of ketones is 1. The van der Waals surface area contributed by atoms with Crippen LogP contribution in [0.2, 0.25) is 0 Å². The molecule has 24 heavy (non-hydrogen) atoms. The Morgan fingerprint density at radius 2 is 1.67 bits per heavy atom. The zero-order valence-electron chi connectivity index (χ0n) is 14.7. The zero-order chi connectivity index (χ0) is 17.9. The number of carbonyl (C=O) groups is 2. The third kappa shape index (κ3) is 3.82. The molecule has 0 aliphatic carbocycles. The minimum Gasteiger partial charge on any atom is -0.496 e. The Morgan fingerprint density at radius 1 is 1.04 bits per heavy atom. The highest BCUT2D eigenvalue weighted by Crippen LogP contribution is 2.30. The van der Waals surface area contributed by atoms with Crippen molar-refractivity contribution in [3.63, 3.8) is 0 Å². The molecule has 0 spiro atoms. The van der Waals surface area contributed by atoms with Crippen LogP contribution in [-0.2, 0) is 4.79 Å². The summed E-state index contributed by atoms with van der Waals surface area (Å²) in [7, 11) is 1.63. The molecule has 4 nitrogen and oxygen atoms in total. The van der Waals surface area contributed by atoms with Gasteiger partial charge in [-0.15, -0.1) is 0 Å². The average Bonchev–Trinajstić information content (AvgIpc) is 2.53. The first-order chi connectivity index (χ1) is 11.3. The van der Waals surface area contributed by atoms with Gasteiger partial charge in [0.2, 0.25) is 0 Å². The van der Waals surface area contributed by atoms with Crippen LogP contribution in [0, 0.1) is 6.92 Å². The first-order valence-electron chi connectivity index (χ1n) is 7.85. The molecule has 0 radical (unpaired) electrons. The summed E-state index contributed by atoms with van der Waals surface area (Å²) in [5, 5.41) is 0. The fraction of sp³-hybridized carbons (Fsp3) is 0.300. The Balaban J connectivity index is 2.38. The van der Waals surface area contributed by atoms with Gasteiger partial charge >= 0.3 is 5.97 Å². The molecule has 2 rings (SSSR count). The van der Waals surface area contributed by atoms with E-state index >= 15 is 0 Å². The van der Waals surface area contributed by atoms with Gasteiger partial charge in [0.1, 0.15) is 11.5 Å². The van der Waals surface area contributed by atoms with Crippen LogP contribution in [0.3, 0.4) is 0 Å². The van der Waals surface area contributed by atoms with E-state index in [9.17, 15) is 9.59 Å². The number of carbonyl (C=O) groups excluding carboxylic acids is 2. The number of hydrogen-bond acceptors (Lipinski definition) is 4. The van der Waals surface area contributed by atoms with E-state index in [-0.39, 0.29) is 17.7 Å². The highest BCUT2D eigenvalue weighted by atomic mass is 16.5. The minimum atomic E-state index is -0.387. The molecule has 0 unspecified atom stereocenters. The summed E-state index contributed by atoms with van der Waals surface area (Å²) < 4.78 is 10.4. The van der Waals surface area contributed by atoms with E-state index in [0.29, 0.717) is 16.9 Å². The Bertz CT molecular complexity index is 758. The zero-order valence-corrected chi connectivity index (χ0v) is 14.7. The summed E-state index contributed by atoms with van der Waals surface area (Å²) in [5.74, 6) is 1.02. The van der Waals surface area contributed by atoms with Crippen LogP contribution in [0.4, 0.5) is 0 Å². The largest absolute Gasteiger partial charge is 0.496 e. The summed E-state index contributed by atoms with van der Waals surface area (Å²) >= 11 is 0. The number of methoxy groups -OCH3 is 1. The lowest BCUT2D eigenvalue weighted by Crippen LogP contribution is -2.07. The van der Waals surface area contributed by atoms with E-state index in [4.69, 9.17) is 9.47 Å².